The first-order chi connectivity index (χ1) is 9.27. The second kappa shape index (κ2) is 7.38. The highest BCUT2D eigenvalue weighted by Crippen LogP contribution is 2.33. The number of methoxy groups -OCH3 is 1. The lowest BCUT2D eigenvalue weighted by atomic mass is 9.91. The molecule has 0 aliphatic rings. The van der Waals surface area contributed by atoms with Gasteiger partial charge in [-0.2, -0.15) is 0 Å². The van der Waals surface area contributed by atoms with Crippen LogP contribution >= 0.6 is 11.3 Å². The molecule has 0 fully saturated rings. The second-order valence-corrected chi connectivity index (χ2v) is 7.45. The van der Waals surface area contributed by atoms with E-state index in [0.717, 1.165) is 24.8 Å². The first kappa shape index (κ1) is 17.4. The fourth-order valence-electron chi connectivity index (χ4n) is 1.79. The number of anilines is 1. The van der Waals surface area contributed by atoms with Gasteiger partial charge in [0.15, 0.2) is 5.13 Å². The number of aromatic nitrogens is 1. The maximum atomic E-state index is 5.07. The number of nitrogens with one attached hydrogen (secondary N) is 1. The molecule has 0 radical (unpaired) electrons. The Morgan fingerprint density at radius 3 is 2.50 bits per heavy atom. The van der Waals surface area contributed by atoms with Crippen molar-refractivity contribution >= 4 is 16.5 Å². The third-order valence-electron chi connectivity index (χ3n) is 3.24. The van der Waals surface area contributed by atoms with Gasteiger partial charge < -0.3 is 15.0 Å². The van der Waals surface area contributed by atoms with Crippen molar-refractivity contribution in [3.05, 3.63) is 10.6 Å². The van der Waals surface area contributed by atoms with Gasteiger partial charge in [0.1, 0.15) is 0 Å². The molecule has 0 saturated heterocycles. The van der Waals surface area contributed by atoms with Crippen LogP contribution in [0.5, 0.6) is 0 Å². The summed E-state index contributed by atoms with van der Waals surface area (Å²) in [4.78, 5) is 8.44. The van der Waals surface area contributed by atoms with E-state index in [9.17, 15) is 0 Å². The molecule has 0 unspecified atom stereocenters. The number of ether oxygens (including phenoxy) is 1. The summed E-state index contributed by atoms with van der Waals surface area (Å²) in [6.45, 7) is 13.5. The van der Waals surface area contributed by atoms with E-state index in [-0.39, 0.29) is 5.41 Å². The molecule has 1 rings (SSSR count). The number of thiazole rings is 1. The zero-order valence-corrected chi connectivity index (χ0v) is 14.7. The van der Waals surface area contributed by atoms with E-state index in [4.69, 9.17) is 9.72 Å². The normalized spacial score (nSPS) is 12.2. The van der Waals surface area contributed by atoms with E-state index in [1.54, 1.807) is 18.4 Å². The van der Waals surface area contributed by atoms with Crippen LogP contribution in [0.3, 0.4) is 0 Å². The molecular weight excluding hydrogens is 270 g/mol. The van der Waals surface area contributed by atoms with Gasteiger partial charge in [0, 0.05) is 43.6 Å². The van der Waals surface area contributed by atoms with Crippen molar-refractivity contribution in [1.29, 1.82) is 0 Å². The average molecular weight is 299 g/mol. The lowest BCUT2D eigenvalue weighted by Crippen LogP contribution is -2.25. The molecular formula is C15H29N3OS. The maximum Gasteiger partial charge on any atom is 0.185 e. The third-order valence-corrected chi connectivity index (χ3v) is 4.39. The summed E-state index contributed by atoms with van der Waals surface area (Å²) in [5.74, 6) is 0. The van der Waals surface area contributed by atoms with Crippen LogP contribution < -0.4 is 10.2 Å². The fourth-order valence-corrected chi connectivity index (χ4v) is 3.13. The molecule has 0 spiro atoms. The van der Waals surface area contributed by atoms with Crippen LogP contribution in [0.15, 0.2) is 0 Å². The van der Waals surface area contributed by atoms with Crippen LogP contribution in [-0.4, -0.2) is 38.3 Å². The lowest BCUT2D eigenvalue weighted by Gasteiger charge is -2.20. The quantitative estimate of drug-likeness (QED) is 0.785. The van der Waals surface area contributed by atoms with Gasteiger partial charge in [-0.25, -0.2) is 4.98 Å². The molecule has 0 aliphatic heterocycles. The standard InChI is InChI=1S/C15H29N3OS/c1-11(2)18(6)14-17-13(15(3,4)5)12(20-14)10-16-8-9-19-7/h11,16H,8-10H2,1-7H3. The highest BCUT2D eigenvalue weighted by molar-refractivity contribution is 7.15. The zero-order valence-electron chi connectivity index (χ0n) is 13.9. The first-order valence-corrected chi connectivity index (χ1v) is 8.01. The highest BCUT2D eigenvalue weighted by Gasteiger charge is 2.24. The maximum absolute atomic E-state index is 5.07. The number of rotatable bonds is 7. The number of nitrogens with zero attached hydrogens (tertiary/aromatic N) is 2. The Morgan fingerprint density at radius 1 is 1.35 bits per heavy atom. The average Bonchev–Trinajstić information content (AvgIpc) is 2.77. The Kier molecular flexibility index (Phi) is 6.43. The minimum absolute atomic E-state index is 0.0742. The van der Waals surface area contributed by atoms with Gasteiger partial charge in [0.25, 0.3) is 0 Å². The second-order valence-electron chi connectivity index (χ2n) is 6.39. The van der Waals surface area contributed by atoms with Crippen LogP contribution in [0.25, 0.3) is 0 Å². The van der Waals surface area contributed by atoms with Crippen molar-refractivity contribution in [3.8, 4) is 0 Å². The summed E-state index contributed by atoms with van der Waals surface area (Å²) in [7, 11) is 3.84. The van der Waals surface area contributed by atoms with Crippen molar-refractivity contribution in [1.82, 2.24) is 10.3 Å². The molecule has 0 aliphatic carbocycles. The summed E-state index contributed by atoms with van der Waals surface area (Å²) in [5.41, 5.74) is 1.28. The molecule has 0 saturated carbocycles. The summed E-state index contributed by atoms with van der Waals surface area (Å²) >= 11 is 1.79. The van der Waals surface area contributed by atoms with Gasteiger partial charge >= 0.3 is 0 Å². The van der Waals surface area contributed by atoms with Crippen molar-refractivity contribution in [2.45, 2.75) is 52.6 Å². The molecule has 1 N–H and O–H groups in total. The Hall–Kier alpha value is -0.650. The monoisotopic (exact) mass is 299 g/mol. The topological polar surface area (TPSA) is 37.4 Å². The number of hydrogen-bond acceptors (Lipinski definition) is 5. The SMILES string of the molecule is COCCNCc1sc(N(C)C(C)C)nc1C(C)(C)C. The molecule has 0 atom stereocenters. The van der Waals surface area contributed by atoms with Gasteiger partial charge in [-0.05, 0) is 13.8 Å². The van der Waals surface area contributed by atoms with Gasteiger partial charge in [0.2, 0.25) is 0 Å². The molecule has 116 valence electrons. The summed E-state index contributed by atoms with van der Waals surface area (Å²) in [6, 6.07) is 0.461. The third kappa shape index (κ3) is 4.72. The van der Waals surface area contributed by atoms with E-state index in [0.29, 0.717) is 6.04 Å². The molecule has 4 nitrogen and oxygen atoms in total. The first-order valence-electron chi connectivity index (χ1n) is 7.20. The molecule has 0 aromatic carbocycles. The zero-order chi connectivity index (χ0) is 15.3. The Bertz CT molecular complexity index is 410. The van der Waals surface area contributed by atoms with E-state index in [2.05, 4.69) is 51.9 Å². The van der Waals surface area contributed by atoms with Crippen molar-refractivity contribution in [2.24, 2.45) is 0 Å². The molecule has 0 amide bonds. The van der Waals surface area contributed by atoms with Crippen LogP contribution in [0.1, 0.15) is 45.2 Å². The molecule has 20 heavy (non-hydrogen) atoms. The van der Waals surface area contributed by atoms with Crippen LogP contribution in [0.4, 0.5) is 5.13 Å². The van der Waals surface area contributed by atoms with Gasteiger partial charge in [-0.1, -0.05) is 20.8 Å². The van der Waals surface area contributed by atoms with Crippen molar-refractivity contribution in [2.75, 3.05) is 32.2 Å². The molecule has 1 aromatic rings. The van der Waals surface area contributed by atoms with Crippen LogP contribution in [0, 0.1) is 0 Å². The summed E-state index contributed by atoms with van der Waals surface area (Å²) in [6.07, 6.45) is 0. The minimum Gasteiger partial charge on any atom is -0.383 e. The van der Waals surface area contributed by atoms with Crippen LogP contribution in [0.2, 0.25) is 0 Å². The van der Waals surface area contributed by atoms with Crippen LogP contribution in [-0.2, 0) is 16.7 Å². The molecule has 5 heteroatoms. The Balaban J connectivity index is 2.90. The lowest BCUT2D eigenvalue weighted by molar-refractivity contribution is 0.199. The summed E-state index contributed by atoms with van der Waals surface area (Å²) in [5, 5.41) is 4.53. The van der Waals surface area contributed by atoms with E-state index < -0.39 is 0 Å². The predicted octanol–water partition coefficient (Wildman–Crippen LogP) is 3.02. The predicted molar refractivity (Wildman–Crippen MR) is 87.9 cm³/mol. The summed E-state index contributed by atoms with van der Waals surface area (Å²) < 4.78 is 5.07. The molecule has 1 heterocycles. The Labute approximate surface area is 127 Å². The van der Waals surface area contributed by atoms with Crippen molar-refractivity contribution in [3.63, 3.8) is 0 Å². The molecule has 1 aromatic heterocycles. The van der Waals surface area contributed by atoms with E-state index in [1.165, 1.54) is 10.6 Å². The fraction of sp³-hybridized carbons (Fsp3) is 0.800. The molecule has 0 bridgehead atoms. The Morgan fingerprint density at radius 2 is 2.00 bits per heavy atom. The van der Waals surface area contributed by atoms with Gasteiger partial charge in [0.05, 0.1) is 12.3 Å². The van der Waals surface area contributed by atoms with Gasteiger partial charge in [-0.15, -0.1) is 11.3 Å². The van der Waals surface area contributed by atoms with Crippen molar-refractivity contribution < 1.29 is 4.74 Å². The minimum atomic E-state index is 0.0742. The highest BCUT2D eigenvalue weighted by atomic mass is 32.1. The largest absolute Gasteiger partial charge is 0.383 e. The smallest absolute Gasteiger partial charge is 0.185 e. The van der Waals surface area contributed by atoms with Gasteiger partial charge in [-0.3, -0.25) is 0 Å². The van der Waals surface area contributed by atoms with E-state index >= 15 is 0 Å². The van der Waals surface area contributed by atoms with E-state index in [1.807, 2.05) is 0 Å². The number of hydrogen-bond donors (Lipinski definition) is 1.